The summed E-state index contributed by atoms with van der Waals surface area (Å²) in [6, 6.07) is -0.710. The van der Waals surface area contributed by atoms with Gasteiger partial charge in [0.2, 0.25) is 0 Å². The number of allylic oxidation sites excluding steroid dienone is 3. The Kier molecular flexibility index (Phi) is 9.10. The number of aliphatic hydroxyl groups excluding tert-OH is 1. The Hall–Kier alpha value is -1.93. The van der Waals surface area contributed by atoms with Crippen molar-refractivity contribution in [1.29, 1.82) is 0 Å². The van der Waals surface area contributed by atoms with Gasteiger partial charge >= 0.3 is 6.18 Å². The van der Waals surface area contributed by atoms with E-state index in [1.165, 1.54) is 24.9 Å². The Bertz CT molecular complexity index is 687. The van der Waals surface area contributed by atoms with Gasteiger partial charge < -0.3 is 15.6 Å². The first-order valence-electron chi connectivity index (χ1n) is 10.2. The summed E-state index contributed by atoms with van der Waals surface area (Å²) in [5, 5.41) is 9.04. The van der Waals surface area contributed by atoms with Gasteiger partial charge in [0.15, 0.2) is 0 Å². The van der Waals surface area contributed by atoms with Crippen molar-refractivity contribution in [3.05, 3.63) is 47.3 Å². The molecular formula is C21H30F3N3O2. The van der Waals surface area contributed by atoms with Crippen LogP contribution in [0.3, 0.4) is 0 Å². The van der Waals surface area contributed by atoms with Crippen LogP contribution in [0.5, 0.6) is 0 Å². The Morgan fingerprint density at radius 1 is 1.17 bits per heavy atom. The van der Waals surface area contributed by atoms with E-state index in [-0.39, 0.29) is 31.2 Å². The standard InChI is InChI=1S/C21H30F3N3O2/c1-2-3-4-5-6-7-10-29-19-9-8-15(11-17(19)21(22,23)24)16-12-26-20(27-13-16)18(25)14-28/h8-9,12-13,15,18,28H,2-7,10-11,14,25H2,1H3. The smallest absolute Gasteiger partial charge is 0.416 e. The lowest BCUT2D eigenvalue weighted by Crippen LogP contribution is -2.21. The molecule has 2 atom stereocenters. The van der Waals surface area contributed by atoms with Crippen LogP contribution in [0.2, 0.25) is 0 Å². The average Bonchev–Trinajstić information content (AvgIpc) is 2.72. The Labute approximate surface area is 169 Å². The van der Waals surface area contributed by atoms with E-state index in [1.807, 2.05) is 0 Å². The number of rotatable bonds is 11. The molecule has 0 amide bonds. The van der Waals surface area contributed by atoms with Crippen molar-refractivity contribution >= 4 is 0 Å². The van der Waals surface area contributed by atoms with Crippen molar-refractivity contribution in [2.24, 2.45) is 5.73 Å². The molecule has 2 unspecified atom stereocenters. The fourth-order valence-corrected chi connectivity index (χ4v) is 3.19. The molecule has 8 heteroatoms. The molecule has 1 aromatic rings. The van der Waals surface area contributed by atoms with E-state index in [2.05, 4.69) is 16.9 Å². The third kappa shape index (κ3) is 7.12. The number of hydrogen-bond donors (Lipinski definition) is 2. The molecule has 0 aliphatic heterocycles. The summed E-state index contributed by atoms with van der Waals surface area (Å²) >= 11 is 0. The number of halogens is 3. The lowest BCUT2D eigenvalue weighted by atomic mass is 9.88. The van der Waals surface area contributed by atoms with Crippen LogP contribution in [-0.4, -0.2) is 34.5 Å². The molecule has 1 aliphatic carbocycles. The minimum atomic E-state index is -4.46. The van der Waals surface area contributed by atoms with Crippen LogP contribution < -0.4 is 5.73 Å². The summed E-state index contributed by atoms with van der Waals surface area (Å²) < 4.78 is 46.2. The number of aromatic nitrogens is 2. The second-order valence-corrected chi connectivity index (χ2v) is 7.29. The molecule has 0 saturated heterocycles. The molecule has 0 saturated carbocycles. The molecule has 1 heterocycles. The summed E-state index contributed by atoms with van der Waals surface area (Å²) in [6.45, 7) is 2.12. The second kappa shape index (κ2) is 11.3. The van der Waals surface area contributed by atoms with Crippen LogP contribution in [0.25, 0.3) is 0 Å². The Balaban J connectivity index is 1.98. The van der Waals surface area contributed by atoms with Gasteiger partial charge in [-0.05, 0) is 24.5 Å². The summed E-state index contributed by atoms with van der Waals surface area (Å²) in [5.74, 6) is -0.333. The summed E-state index contributed by atoms with van der Waals surface area (Å²) in [4.78, 5) is 8.13. The fourth-order valence-electron chi connectivity index (χ4n) is 3.19. The first kappa shape index (κ1) is 23.3. The molecule has 3 N–H and O–H groups in total. The largest absolute Gasteiger partial charge is 0.493 e. The van der Waals surface area contributed by atoms with Crippen LogP contribution in [-0.2, 0) is 4.74 Å². The highest BCUT2D eigenvalue weighted by Crippen LogP contribution is 2.40. The zero-order valence-corrected chi connectivity index (χ0v) is 16.8. The van der Waals surface area contributed by atoms with Gasteiger partial charge in [0.05, 0.1) is 24.8 Å². The van der Waals surface area contributed by atoms with Crippen molar-refractivity contribution in [2.45, 2.75) is 70.0 Å². The monoisotopic (exact) mass is 413 g/mol. The predicted molar refractivity (Wildman–Crippen MR) is 105 cm³/mol. The van der Waals surface area contributed by atoms with Gasteiger partial charge in [-0.3, -0.25) is 0 Å². The van der Waals surface area contributed by atoms with E-state index in [0.717, 1.165) is 32.1 Å². The fraction of sp³-hybridized carbons (Fsp3) is 0.619. The molecule has 2 rings (SSSR count). The normalized spacial score (nSPS) is 18.2. The summed E-state index contributed by atoms with van der Waals surface area (Å²) in [7, 11) is 0. The number of nitrogens with zero attached hydrogens (tertiary/aromatic N) is 2. The minimum absolute atomic E-state index is 0.0952. The lowest BCUT2D eigenvalue weighted by molar-refractivity contribution is -0.0980. The number of aliphatic hydroxyl groups is 1. The van der Waals surface area contributed by atoms with Gasteiger partial charge in [-0.1, -0.05) is 45.1 Å². The van der Waals surface area contributed by atoms with Gasteiger partial charge in [0.25, 0.3) is 0 Å². The number of alkyl halides is 3. The average molecular weight is 413 g/mol. The van der Waals surface area contributed by atoms with Crippen LogP contribution in [0.1, 0.15) is 75.2 Å². The first-order valence-corrected chi connectivity index (χ1v) is 10.2. The highest BCUT2D eigenvalue weighted by molar-refractivity contribution is 5.35. The van der Waals surface area contributed by atoms with E-state index in [0.29, 0.717) is 5.56 Å². The maximum absolute atomic E-state index is 13.6. The summed E-state index contributed by atoms with van der Waals surface area (Å²) in [6.07, 6.45) is 7.62. The SMILES string of the molecule is CCCCCCCCOC1=C(C(F)(F)F)CC(c2cnc(C(N)CO)nc2)C=C1. The maximum atomic E-state index is 13.6. The maximum Gasteiger partial charge on any atom is 0.416 e. The Morgan fingerprint density at radius 2 is 1.83 bits per heavy atom. The molecule has 5 nitrogen and oxygen atoms in total. The third-order valence-corrected chi connectivity index (χ3v) is 4.95. The Morgan fingerprint density at radius 3 is 2.45 bits per heavy atom. The second-order valence-electron chi connectivity index (χ2n) is 7.29. The minimum Gasteiger partial charge on any atom is -0.493 e. The number of unbranched alkanes of at least 4 members (excludes halogenated alkanes) is 5. The first-order chi connectivity index (χ1) is 13.9. The van der Waals surface area contributed by atoms with Crippen molar-refractivity contribution in [2.75, 3.05) is 13.2 Å². The molecule has 162 valence electrons. The van der Waals surface area contributed by atoms with E-state index in [4.69, 9.17) is 15.6 Å². The van der Waals surface area contributed by atoms with Gasteiger partial charge in [-0.15, -0.1) is 0 Å². The zero-order chi connectivity index (χ0) is 21.3. The van der Waals surface area contributed by atoms with Crippen molar-refractivity contribution in [3.63, 3.8) is 0 Å². The van der Waals surface area contributed by atoms with Crippen molar-refractivity contribution in [3.8, 4) is 0 Å². The lowest BCUT2D eigenvalue weighted by Gasteiger charge is -2.24. The molecule has 29 heavy (non-hydrogen) atoms. The van der Waals surface area contributed by atoms with Crippen LogP contribution in [0, 0.1) is 0 Å². The zero-order valence-electron chi connectivity index (χ0n) is 16.8. The number of nitrogens with two attached hydrogens (primary N) is 1. The molecule has 0 aromatic carbocycles. The predicted octanol–water partition coefficient (Wildman–Crippen LogP) is 4.71. The molecule has 0 spiro atoms. The van der Waals surface area contributed by atoms with E-state index >= 15 is 0 Å². The molecule has 1 aromatic heterocycles. The van der Waals surface area contributed by atoms with E-state index in [1.54, 1.807) is 6.08 Å². The quantitative estimate of drug-likeness (QED) is 0.514. The summed E-state index contributed by atoms with van der Waals surface area (Å²) in [5.41, 5.74) is 5.55. The molecule has 0 radical (unpaired) electrons. The topological polar surface area (TPSA) is 81.3 Å². The number of ether oxygens (including phenoxy) is 1. The van der Waals surface area contributed by atoms with Crippen molar-refractivity contribution < 1.29 is 23.0 Å². The van der Waals surface area contributed by atoms with Gasteiger partial charge in [0.1, 0.15) is 11.6 Å². The molecule has 0 fully saturated rings. The van der Waals surface area contributed by atoms with Crippen LogP contribution in [0.15, 0.2) is 35.9 Å². The van der Waals surface area contributed by atoms with Gasteiger partial charge in [-0.2, -0.15) is 13.2 Å². The highest BCUT2D eigenvalue weighted by Gasteiger charge is 2.39. The van der Waals surface area contributed by atoms with E-state index < -0.39 is 23.7 Å². The molecular weight excluding hydrogens is 383 g/mol. The third-order valence-electron chi connectivity index (χ3n) is 4.95. The van der Waals surface area contributed by atoms with Gasteiger partial charge in [-0.25, -0.2) is 9.97 Å². The van der Waals surface area contributed by atoms with Crippen LogP contribution >= 0.6 is 0 Å². The molecule has 0 bridgehead atoms. The number of hydrogen-bond acceptors (Lipinski definition) is 5. The molecule has 1 aliphatic rings. The van der Waals surface area contributed by atoms with Gasteiger partial charge in [0, 0.05) is 18.3 Å². The highest BCUT2D eigenvalue weighted by atomic mass is 19.4. The van der Waals surface area contributed by atoms with Crippen LogP contribution in [0.4, 0.5) is 13.2 Å². The van der Waals surface area contributed by atoms with Crippen molar-refractivity contribution in [1.82, 2.24) is 9.97 Å². The van der Waals surface area contributed by atoms with E-state index in [9.17, 15) is 13.2 Å².